The second-order valence-corrected chi connectivity index (χ2v) is 6.82. The minimum Gasteiger partial charge on any atom is -0.431 e. The Kier molecular flexibility index (Phi) is 6.72. The number of alkyl halides is 4. The number of nitrogens with two attached hydrogens (primary N) is 1. The fourth-order valence-electron chi connectivity index (χ4n) is 2.66. The number of hydrogen-bond acceptors (Lipinski definition) is 6. The Bertz CT molecular complexity index is 985. The number of halogens is 4. The molecule has 3 rings (SSSR count). The third kappa shape index (κ3) is 5.38. The van der Waals surface area contributed by atoms with Gasteiger partial charge in [-0.05, 0) is 36.4 Å². The van der Waals surface area contributed by atoms with Crippen LogP contribution in [0.25, 0.3) is 0 Å². The van der Waals surface area contributed by atoms with Crippen molar-refractivity contribution in [3.05, 3.63) is 64.6 Å². The van der Waals surface area contributed by atoms with E-state index in [0.717, 1.165) is 10.9 Å². The molecule has 1 amide bonds. The molecule has 1 aromatic heterocycles. The molecule has 0 aliphatic carbocycles. The second kappa shape index (κ2) is 9.44. The number of nitrogens with zero attached hydrogens (tertiary/aromatic N) is 2. The van der Waals surface area contributed by atoms with E-state index in [1.807, 2.05) is 0 Å². The zero-order valence-corrected chi connectivity index (χ0v) is 16.0. The van der Waals surface area contributed by atoms with Crippen molar-refractivity contribution in [3.63, 3.8) is 0 Å². The summed E-state index contributed by atoms with van der Waals surface area (Å²) in [4.78, 5) is 17.9. The van der Waals surface area contributed by atoms with Crippen molar-refractivity contribution < 1.29 is 31.8 Å². The maximum Gasteiger partial charge on any atom is 0.387 e. The smallest absolute Gasteiger partial charge is 0.387 e. The Morgan fingerprint density at radius 2 is 1.63 bits per heavy atom. The molecule has 0 atom stereocenters. The Morgan fingerprint density at radius 1 is 1.00 bits per heavy atom. The van der Waals surface area contributed by atoms with E-state index in [1.54, 1.807) is 28.7 Å². The lowest BCUT2D eigenvalue weighted by atomic mass is 10.1. The van der Waals surface area contributed by atoms with E-state index in [1.165, 1.54) is 35.6 Å². The molecule has 0 saturated heterocycles. The predicted molar refractivity (Wildman–Crippen MR) is 103 cm³/mol. The van der Waals surface area contributed by atoms with Gasteiger partial charge in [0.15, 0.2) is 11.5 Å². The first-order chi connectivity index (χ1) is 14.3. The van der Waals surface area contributed by atoms with Crippen molar-refractivity contribution in [2.45, 2.75) is 19.8 Å². The third-order valence-electron chi connectivity index (χ3n) is 3.93. The van der Waals surface area contributed by atoms with Crippen molar-refractivity contribution in [3.8, 4) is 11.5 Å². The third-order valence-corrected chi connectivity index (χ3v) is 4.70. The zero-order chi connectivity index (χ0) is 21.7. The lowest BCUT2D eigenvalue weighted by Gasteiger charge is -2.25. The average molecular weight is 441 g/mol. The molecule has 11 heteroatoms. The summed E-state index contributed by atoms with van der Waals surface area (Å²) in [6.07, 6.45) is 1.64. The SMILES string of the molecule is NC(=O)c1ccc(N(Cc2cncs2)c2ccc(OC(F)F)c(OC(F)F)c2)cc1. The number of amides is 1. The fraction of sp³-hybridized carbons (Fsp3) is 0.158. The maximum absolute atomic E-state index is 12.8. The minimum atomic E-state index is -3.23. The van der Waals surface area contributed by atoms with Gasteiger partial charge in [0, 0.05) is 34.1 Å². The lowest BCUT2D eigenvalue weighted by molar-refractivity contribution is -0.0692. The van der Waals surface area contributed by atoms with Gasteiger partial charge in [-0.3, -0.25) is 9.78 Å². The van der Waals surface area contributed by atoms with Gasteiger partial charge in [-0.25, -0.2) is 0 Å². The predicted octanol–water partition coefficient (Wildman–Crippen LogP) is 4.78. The number of thiazole rings is 1. The quantitative estimate of drug-likeness (QED) is 0.484. The van der Waals surface area contributed by atoms with Gasteiger partial charge in [0.2, 0.25) is 5.91 Å². The summed E-state index contributed by atoms with van der Waals surface area (Å²) >= 11 is 1.37. The molecule has 6 nitrogen and oxygen atoms in total. The summed E-state index contributed by atoms with van der Waals surface area (Å²) < 4.78 is 59.4. The molecule has 0 radical (unpaired) electrons. The van der Waals surface area contributed by atoms with Crippen LogP contribution in [0.2, 0.25) is 0 Å². The molecule has 3 aromatic rings. The molecule has 158 valence electrons. The molecule has 30 heavy (non-hydrogen) atoms. The summed E-state index contributed by atoms with van der Waals surface area (Å²) in [6, 6.07) is 10.0. The van der Waals surface area contributed by atoms with Gasteiger partial charge in [-0.15, -0.1) is 11.3 Å². The molecule has 1 heterocycles. The van der Waals surface area contributed by atoms with Crippen LogP contribution in [0.5, 0.6) is 11.5 Å². The van der Waals surface area contributed by atoms with Gasteiger partial charge in [0.05, 0.1) is 12.1 Å². The number of carbonyl (C=O) groups is 1. The second-order valence-electron chi connectivity index (χ2n) is 5.85. The molecule has 0 saturated carbocycles. The summed E-state index contributed by atoms with van der Waals surface area (Å²) in [5.74, 6) is -1.65. The summed E-state index contributed by atoms with van der Waals surface area (Å²) in [5.41, 5.74) is 8.15. The van der Waals surface area contributed by atoms with Gasteiger partial charge < -0.3 is 20.1 Å². The van der Waals surface area contributed by atoms with Crippen LogP contribution in [0, 0.1) is 0 Å². The largest absolute Gasteiger partial charge is 0.431 e. The van der Waals surface area contributed by atoms with Gasteiger partial charge >= 0.3 is 13.2 Å². The van der Waals surface area contributed by atoms with Gasteiger partial charge in [-0.2, -0.15) is 17.6 Å². The molecule has 0 aliphatic rings. The number of aromatic nitrogens is 1. The van der Waals surface area contributed by atoms with Gasteiger partial charge in [0.1, 0.15) is 0 Å². The summed E-state index contributed by atoms with van der Waals surface area (Å²) in [7, 11) is 0. The summed E-state index contributed by atoms with van der Waals surface area (Å²) in [6.45, 7) is -6.14. The van der Waals surface area contributed by atoms with E-state index in [4.69, 9.17) is 5.73 Å². The molecular weight excluding hydrogens is 426 g/mol. The van der Waals surface area contributed by atoms with Gasteiger partial charge in [-0.1, -0.05) is 0 Å². The fourth-order valence-corrected chi connectivity index (χ4v) is 3.24. The van der Waals surface area contributed by atoms with E-state index < -0.39 is 30.6 Å². The first-order valence-electron chi connectivity index (χ1n) is 8.42. The van der Waals surface area contributed by atoms with Crippen LogP contribution in [0.4, 0.5) is 28.9 Å². The van der Waals surface area contributed by atoms with Crippen molar-refractivity contribution in [1.29, 1.82) is 0 Å². The highest BCUT2D eigenvalue weighted by atomic mass is 32.1. The first-order valence-corrected chi connectivity index (χ1v) is 9.30. The van der Waals surface area contributed by atoms with Crippen LogP contribution >= 0.6 is 11.3 Å². The maximum atomic E-state index is 12.8. The first kappa shape index (κ1) is 21.4. The van der Waals surface area contributed by atoms with E-state index in [-0.39, 0.29) is 0 Å². The molecule has 0 fully saturated rings. The Morgan fingerprint density at radius 3 is 2.20 bits per heavy atom. The van der Waals surface area contributed by atoms with Crippen molar-refractivity contribution in [2.24, 2.45) is 5.73 Å². The molecule has 2 aromatic carbocycles. The molecule has 0 aliphatic heterocycles. The van der Waals surface area contributed by atoms with Crippen LogP contribution in [0.3, 0.4) is 0 Å². The highest BCUT2D eigenvalue weighted by molar-refractivity contribution is 7.09. The summed E-state index contributed by atoms with van der Waals surface area (Å²) in [5, 5.41) is 0. The number of hydrogen-bond donors (Lipinski definition) is 1. The molecular formula is C19H15F4N3O3S. The number of carbonyl (C=O) groups excluding carboxylic acids is 1. The van der Waals surface area contributed by atoms with E-state index in [0.29, 0.717) is 23.5 Å². The van der Waals surface area contributed by atoms with Crippen LogP contribution in [0.15, 0.2) is 54.2 Å². The normalized spacial score (nSPS) is 11.0. The topological polar surface area (TPSA) is 77.7 Å². The number of primary amides is 1. The van der Waals surface area contributed by atoms with Crippen molar-refractivity contribution in [2.75, 3.05) is 4.90 Å². The number of benzene rings is 2. The lowest BCUT2D eigenvalue weighted by Crippen LogP contribution is -2.17. The van der Waals surface area contributed by atoms with Gasteiger partial charge in [0.25, 0.3) is 0 Å². The van der Waals surface area contributed by atoms with Crippen LogP contribution in [-0.4, -0.2) is 24.1 Å². The number of anilines is 2. The Hall–Kier alpha value is -3.34. The Labute approximate surface area is 172 Å². The highest BCUT2D eigenvalue weighted by Gasteiger charge is 2.19. The molecule has 2 N–H and O–H groups in total. The van der Waals surface area contributed by atoms with E-state index >= 15 is 0 Å². The Balaban J connectivity index is 2.02. The van der Waals surface area contributed by atoms with E-state index in [2.05, 4.69) is 14.5 Å². The monoisotopic (exact) mass is 441 g/mol. The van der Waals surface area contributed by atoms with Crippen molar-refractivity contribution >= 4 is 28.6 Å². The average Bonchev–Trinajstić information content (AvgIpc) is 3.20. The molecule has 0 unspecified atom stereocenters. The van der Waals surface area contributed by atoms with Crippen LogP contribution in [0.1, 0.15) is 15.2 Å². The van der Waals surface area contributed by atoms with Crippen LogP contribution < -0.4 is 20.1 Å². The standard InChI is InChI=1S/C19H15F4N3O3S/c20-18(21)28-15-6-5-13(7-16(15)29-19(22)23)26(9-14-8-25-10-30-14)12-3-1-11(2-4-12)17(24)27/h1-8,10,18-19H,9H2,(H2,24,27). The molecule has 0 bridgehead atoms. The highest BCUT2D eigenvalue weighted by Crippen LogP contribution is 2.37. The minimum absolute atomic E-state index is 0.291. The zero-order valence-electron chi connectivity index (χ0n) is 15.2. The number of rotatable bonds is 9. The van der Waals surface area contributed by atoms with E-state index in [9.17, 15) is 22.4 Å². The van der Waals surface area contributed by atoms with Crippen LogP contribution in [-0.2, 0) is 6.54 Å². The van der Waals surface area contributed by atoms with Crippen molar-refractivity contribution in [1.82, 2.24) is 4.98 Å². The molecule has 0 spiro atoms. The number of ether oxygens (including phenoxy) is 2.